The molecule has 0 saturated carbocycles. The quantitative estimate of drug-likeness (QED) is 0.544. The van der Waals surface area contributed by atoms with Crippen molar-refractivity contribution in [2.75, 3.05) is 0 Å². The Morgan fingerprint density at radius 3 is 2.64 bits per heavy atom. The molecule has 14 heavy (non-hydrogen) atoms. The third-order valence-electron chi connectivity index (χ3n) is 2.40. The summed E-state index contributed by atoms with van der Waals surface area (Å²) in [4.78, 5) is 13.9. The third-order valence-corrected chi connectivity index (χ3v) is 2.40. The fourth-order valence-electron chi connectivity index (χ4n) is 1.77. The summed E-state index contributed by atoms with van der Waals surface area (Å²) in [5, 5.41) is 4.36. The first kappa shape index (κ1) is 10.7. The number of carbonyl (C=O) groups excluding carboxylic acids is 1. The topological polar surface area (TPSA) is 47.2 Å². The Hall–Kier alpha value is -1.41. The summed E-state index contributed by atoms with van der Waals surface area (Å²) in [5.41, 5.74) is 3.06. The number of hydrogen-bond acceptors (Lipinski definition) is 3. The molecule has 1 aromatic rings. The van der Waals surface area contributed by atoms with Crippen LogP contribution in [0.15, 0.2) is 4.99 Å². The van der Waals surface area contributed by atoms with Gasteiger partial charge in [0.15, 0.2) is 0 Å². The number of isocyanates is 1. The van der Waals surface area contributed by atoms with Gasteiger partial charge in [0.2, 0.25) is 6.08 Å². The average Bonchev–Trinajstić information content (AvgIpc) is 2.41. The maximum atomic E-state index is 10.2. The molecule has 1 unspecified atom stereocenters. The fraction of sp³-hybridized carbons (Fsp3) is 0.600. The molecule has 0 radical (unpaired) electrons. The van der Waals surface area contributed by atoms with Crippen molar-refractivity contribution in [3.8, 4) is 0 Å². The summed E-state index contributed by atoms with van der Waals surface area (Å²) >= 11 is 0. The Labute approximate surface area is 83.7 Å². The molecule has 4 heteroatoms. The predicted octanol–water partition coefficient (Wildman–Crippen LogP) is 1.92. The van der Waals surface area contributed by atoms with E-state index in [1.807, 2.05) is 32.4 Å². The van der Waals surface area contributed by atoms with Crippen LogP contribution in [-0.4, -0.2) is 15.9 Å². The van der Waals surface area contributed by atoms with E-state index in [-0.39, 0.29) is 6.04 Å². The highest BCUT2D eigenvalue weighted by Crippen LogP contribution is 2.23. The second kappa shape index (κ2) is 4.20. The van der Waals surface area contributed by atoms with Gasteiger partial charge < -0.3 is 0 Å². The molecule has 0 saturated heterocycles. The van der Waals surface area contributed by atoms with Crippen LogP contribution in [0.5, 0.6) is 0 Å². The zero-order chi connectivity index (χ0) is 10.7. The van der Waals surface area contributed by atoms with Gasteiger partial charge in [0.1, 0.15) is 0 Å². The minimum Gasteiger partial charge on any atom is -0.270 e. The molecule has 0 amide bonds. The summed E-state index contributed by atoms with van der Waals surface area (Å²) in [7, 11) is 0. The molecule has 0 fully saturated rings. The maximum absolute atomic E-state index is 10.2. The molecular weight excluding hydrogens is 178 g/mol. The van der Waals surface area contributed by atoms with Gasteiger partial charge in [-0.05, 0) is 27.7 Å². The van der Waals surface area contributed by atoms with Gasteiger partial charge in [-0.2, -0.15) is 10.1 Å². The average molecular weight is 193 g/mol. The minimum atomic E-state index is -0.146. The highest BCUT2D eigenvalue weighted by molar-refractivity contribution is 5.37. The van der Waals surface area contributed by atoms with Gasteiger partial charge in [0, 0.05) is 17.8 Å². The first-order valence-electron chi connectivity index (χ1n) is 4.72. The van der Waals surface area contributed by atoms with E-state index in [9.17, 15) is 4.79 Å². The molecule has 76 valence electrons. The number of aromatic nitrogens is 2. The van der Waals surface area contributed by atoms with E-state index in [0.717, 1.165) is 23.5 Å². The Balaban J connectivity index is 3.19. The van der Waals surface area contributed by atoms with Crippen molar-refractivity contribution in [2.45, 2.75) is 40.3 Å². The zero-order valence-electron chi connectivity index (χ0n) is 9.03. The SMILES string of the molecule is CCn1nc(C)c(C(C)N=C=O)c1C. The lowest BCUT2D eigenvalue weighted by Gasteiger charge is -2.04. The zero-order valence-corrected chi connectivity index (χ0v) is 9.03. The highest BCUT2D eigenvalue weighted by atomic mass is 16.1. The highest BCUT2D eigenvalue weighted by Gasteiger charge is 2.15. The predicted molar refractivity (Wildman–Crippen MR) is 53.9 cm³/mol. The summed E-state index contributed by atoms with van der Waals surface area (Å²) < 4.78 is 1.92. The van der Waals surface area contributed by atoms with Gasteiger partial charge in [0.25, 0.3) is 0 Å². The second-order valence-corrected chi connectivity index (χ2v) is 3.30. The van der Waals surface area contributed by atoms with E-state index in [4.69, 9.17) is 0 Å². The van der Waals surface area contributed by atoms with Crippen molar-refractivity contribution >= 4 is 6.08 Å². The van der Waals surface area contributed by atoms with Crippen molar-refractivity contribution in [3.05, 3.63) is 17.0 Å². The summed E-state index contributed by atoms with van der Waals surface area (Å²) in [6.45, 7) is 8.68. The number of rotatable bonds is 3. The van der Waals surface area contributed by atoms with Gasteiger partial charge in [-0.1, -0.05) is 0 Å². The molecule has 0 aliphatic heterocycles. The smallest absolute Gasteiger partial charge is 0.235 e. The van der Waals surface area contributed by atoms with Crippen LogP contribution >= 0.6 is 0 Å². The summed E-state index contributed by atoms with van der Waals surface area (Å²) in [6.07, 6.45) is 1.59. The van der Waals surface area contributed by atoms with E-state index >= 15 is 0 Å². The van der Waals surface area contributed by atoms with Gasteiger partial charge >= 0.3 is 0 Å². The Morgan fingerprint density at radius 1 is 1.57 bits per heavy atom. The molecule has 1 heterocycles. The number of aryl methyl sites for hydroxylation is 2. The molecule has 0 spiro atoms. The van der Waals surface area contributed by atoms with Crippen LogP contribution in [-0.2, 0) is 11.3 Å². The molecule has 1 atom stereocenters. The number of nitrogens with zero attached hydrogens (tertiary/aromatic N) is 3. The van der Waals surface area contributed by atoms with Crippen LogP contribution in [0.2, 0.25) is 0 Å². The lowest BCUT2D eigenvalue weighted by atomic mass is 10.1. The first-order chi connectivity index (χ1) is 6.61. The van der Waals surface area contributed by atoms with E-state index in [0.29, 0.717) is 0 Å². The molecular formula is C10H15N3O. The van der Waals surface area contributed by atoms with Crippen molar-refractivity contribution in [2.24, 2.45) is 4.99 Å². The van der Waals surface area contributed by atoms with Crippen molar-refractivity contribution in [3.63, 3.8) is 0 Å². The van der Waals surface area contributed by atoms with E-state index < -0.39 is 0 Å². The Morgan fingerprint density at radius 2 is 2.21 bits per heavy atom. The van der Waals surface area contributed by atoms with Crippen LogP contribution in [0.25, 0.3) is 0 Å². The van der Waals surface area contributed by atoms with Crippen LogP contribution in [0.4, 0.5) is 0 Å². The van der Waals surface area contributed by atoms with Gasteiger partial charge in [-0.3, -0.25) is 4.68 Å². The van der Waals surface area contributed by atoms with Crippen molar-refractivity contribution in [1.29, 1.82) is 0 Å². The van der Waals surface area contributed by atoms with Crippen LogP contribution in [0, 0.1) is 13.8 Å². The summed E-state index contributed by atoms with van der Waals surface area (Å²) in [5.74, 6) is 0. The lowest BCUT2D eigenvalue weighted by Crippen LogP contribution is -2.00. The van der Waals surface area contributed by atoms with Gasteiger partial charge in [0.05, 0.1) is 11.7 Å². The van der Waals surface area contributed by atoms with E-state index in [1.165, 1.54) is 0 Å². The Kier molecular flexibility index (Phi) is 3.20. The Bertz CT molecular complexity index is 375. The van der Waals surface area contributed by atoms with E-state index in [1.54, 1.807) is 6.08 Å². The number of aliphatic imine (C=N–C) groups is 1. The number of hydrogen-bond donors (Lipinski definition) is 0. The molecule has 0 bridgehead atoms. The van der Waals surface area contributed by atoms with Crippen LogP contribution in [0.1, 0.15) is 36.8 Å². The molecule has 0 aromatic carbocycles. The maximum Gasteiger partial charge on any atom is 0.235 e. The van der Waals surface area contributed by atoms with Crippen molar-refractivity contribution in [1.82, 2.24) is 9.78 Å². The first-order valence-corrected chi connectivity index (χ1v) is 4.72. The molecule has 4 nitrogen and oxygen atoms in total. The molecule has 0 aliphatic rings. The van der Waals surface area contributed by atoms with Crippen LogP contribution < -0.4 is 0 Å². The summed E-state index contributed by atoms with van der Waals surface area (Å²) in [6, 6.07) is -0.146. The normalized spacial score (nSPS) is 12.3. The standard InChI is InChI=1S/C10H15N3O/c1-5-13-9(4)10(8(3)12-13)7(2)11-6-14/h7H,5H2,1-4H3. The largest absolute Gasteiger partial charge is 0.270 e. The third kappa shape index (κ3) is 1.75. The van der Waals surface area contributed by atoms with Gasteiger partial charge in [-0.25, -0.2) is 4.79 Å². The molecule has 0 N–H and O–H groups in total. The monoisotopic (exact) mass is 193 g/mol. The lowest BCUT2D eigenvalue weighted by molar-refractivity contribution is 0.559. The van der Waals surface area contributed by atoms with Crippen LogP contribution in [0.3, 0.4) is 0 Å². The second-order valence-electron chi connectivity index (χ2n) is 3.30. The fourth-order valence-corrected chi connectivity index (χ4v) is 1.77. The van der Waals surface area contributed by atoms with Gasteiger partial charge in [-0.15, -0.1) is 0 Å². The van der Waals surface area contributed by atoms with E-state index in [2.05, 4.69) is 10.1 Å². The molecule has 0 aliphatic carbocycles. The molecule has 1 aromatic heterocycles. The minimum absolute atomic E-state index is 0.146. The molecule has 1 rings (SSSR count). The van der Waals surface area contributed by atoms with Crippen molar-refractivity contribution < 1.29 is 4.79 Å².